The van der Waals surface area contributed by atoms with Gasteiger partial charge in [-0.1, -0.05) is 37.1 Å². The maximum Gasteiger partial charge on any atom is 0.191 e. The van der Waals surface area contributed by atoms with Gasteiger partial charge < -0.3 is 15.4 Å². The van der Waals surface area contributed by atoms with E-state index in [1.54, 1.807) is 0 Å². The first-order valence-electron chi connectivity index (χ1n) is 12.0. The van der Waals surface area contributed by atoms with Gasteiger partial charge in [-0.3, -0.25) is 9.80 Å². The van der Waals surface area contributed by atoms with E-state index in [1.807, 2.05) is 0 Å². The standard InChI is InChI=1S/C24H39N5O.HI/c1-2-25-24(27-22-11-12-29(19-22)23-9-5-6-10-23)26-17-20-7-3-4-8-21(20)18-28-13-15-30-16-14-28;/h3-4,7-8,22-23H,2,5-6,9-19H2,1H3,(H2,25,26,27);1H. The summed E-state index contributed by atoms with van der Waals surface area (Å²) in [6.07, 6.45) is 6.82. The van der Waals surface area contributed by atoms with Crippen LogP contribution in [0, 0.1) is 0 Å². The Labute approximate surface area is 205 Å². The van der Waals surface area contributed by atoms with Gasteiger partial charge in [-0.25, -0.2) is 4.99 Å². The molecule has 1 aromatic rings. The number of morpholine rings is 1. The number of hydrogen-bond acceptors (Lipinski definition) is 4. The molecule has 0 spiro atoms. The number of rotatable bonds is 7. The maximum absolute atomic E-state index is 5.49. The van der Waals surface area contributed by atoms with Gasteiger partial charge in [0.25, 0.3) is 0 Å². The molecule has 0 radical (unpaired) electrons. The largest absolute Gasteiger partial charge is 0.379 e. The van der Waals surface area contributed by atoms with E-state index in [-0.39, 0.29) is 24.0 Å². The maximum atomic E-state index is 5.49. The van der Waals surface area contributed by atoms with Crippen LogP contribution in [0.25, 0.3) is 0 Å². The number of halogens is 1. The highest BCUT2D eigenvalue weighted by atomic mass is 127. The zero-order valence-electron chi connectivity index (χ0n) is 19.0. The second-order valence-corrected chi connectivity index (χ2v) is 8.92. The summed E-state index contributed by atoms with van der Waals surface area (Å²) < 4.78 is 5.49. The molecular formula is C24H40IN5O. The van der Waals surface area contributed by atoms with Gasteiger partial charge in [0.05, 0.1) is 19.8 Å². The number of likely N-dealkylation sites (tertiary alicyclic amines) is 1. The number of aliphatic imine (C=N–C) groups is 1. The Kier molecular flexibility index (Phi) is 10.3. The quantitative estimate of drug-likeness (QED) is 0.316. The van der Waals surface area contributed by atoms with Gasteiger partial charge in [0, 0.05) is 51.4 Å². The minimum absolute atomic E-state index is 0. The summed E-state index contributed by atoms with van der Waals surface area (Å²) in [6, 6.07) is 10.1. The van der Waals surface area contributed by atoms with Crippen LogP contribution in [0.5, 0.6) is 0 Å². The van der Waals surface area contributed by atoms with Gasteiger partial charge in [0.15, 0.2) is 5.96 Å². The number of ether oxygens (including phenoxy) is 1. The summed E-state index contributed by atoms with van der Waals surface area (Å²) in [6.45, 7) is 10.8. The fraction of sp³-hybridized carbons (Fsp3) is 0.708. The Bertz CT molecular complexity index is 688. The molecule has 1 aromatic carbocycles. The molecule has 2 N–H and O–H groups in total. The van der Waals surface area contributed by atoms with Crippen molar-refractivity contribution in [3.63, 3.8) is 0 Å². The molecule has 6 nitrogen and oxygen atoms in total. The van der Waals surface area contributed by atoms with Gasteiger partial charge in [-0.2, -0.15) is 0 Å². The summed E-state index contributed by atoms with van der Waals surface area (Å²) in [5.74, 6) is 0.956. The van der Waals surface area contributed by atoms with E-state index in [0.29, 0.717) is 6.04 Å². The van der Waals surface area contributed by atoms with Crippen LogP contribution in [0.15, 0.2) is 29.3 Å². The summed E-state index contributed by atoms with van der Waals surface area (Å²) in [5.41, 5.74) is 2.70. The fourth-order valence-electron chi connectivity index (χ4n) is 5.05. The van der Waals surface area contributed by atoms with Crippen molar-refractivity contribution in [2.75, 3.05) is 45.9 Å². The molecule has 3 aliphatic rings. The van der Waals surface area contributed by atoms with Crippen LogP contribution in [-0.4, -0.2) is 73.8 Å². The minimum Gasteiger partial charge on any atom is -0.379 e. The lowest BCUT2D eigenvalue weighted by atomic mass is 10.1. The Morgan fingerprint density at radius 2 is 1.81 bits per heavy atom. The Morgan fingerprint density at radius 1 is 1.06 bits per heavy atom. The molecule has 2 aliphatic heterocycles. The van der Waals surface area contributed by atoms with Crippen LogP contribution in [0.3, 0.4) is 0 Å². The Balaban J connectivity index is 0.00000272. The van der Waals surface area contributed by atoms with Crippen molar-refractivity contribution in [1.82, 2.24) is 20.4 Å². The highest BCUT2D eigenvalue weighted by Crippen LogP contribution is 2.26. The average Bonchev–Trinajstić information content (AvgIpc) is 3.46. The third kappa shape index (κ3) is 7.30. The Hall–Kier alpha value is -0.900. The average molecular weight is 542 g/mol. The van der Waals surface area contributed by atoms with Gasteiger partial charge >= 0.3 is 0 Å². The van der Waals surface area contributed by atoms with Gasteiger partial charge in [0.1, 0.15) is 0 Å². The molecule has 1 unspecified atom stereocenters. The number of nitrogens with zero attached hydrogens (tertiary/aromatic N) is 3. The summed E-state index contributed by atoms with van der Waals surface area (Å²) in [7, 11) is 0. The Morgan fingerprint density at radius 3 is 2.55 bits per heavy atom. The summed E-state index contributed by atoms with van der Waals surface area (Å²) in [5, 5.41) is 7.17. The monoisotopic (exact) mass is 541 g/mol. The molecule has 7 heteroatoms. The van der Waals surface area contributed by atoms with Crippen molar-refractivity contribution in [2.24, 2.45) is 4.99 Å². The molecule has 0 amide bonds. The van der Waals surface area contributed by atoms with E-state index < -0.39 is 0 Å². The summed E-state index contributed by atoms with van der Waals surface area (Å²) >= 11 is 0. The highest BCUT2D eigenvalue weighted by molar-refractivity contribution is 14.0. The van der Waals surface area contributed by atoms with Crippen molar-refractivity contribution in [3.05, 3.63) is 35.4 Å². The lowest BCUT2D eigenvalue weighted by Crippen LogP contribution is -2.45. The molecule has 31 heavy (non-hydrogen) atoms. The van der Waals surface area contributed by atoms with Crippen LogP contribution in [0.4, 0.5) is 0 Å². The van der Waals surface area contributed by atoms with E-state index in [1.165, 1.54) is 49.8 Å². The van der Waals surface area contributed by atoms with Crippen molar-refractivity contribution in [2.45, 2.75) is 64.2 Å². The van der Waals surface area contributed by atoms with Crippen molar-refractivity contribution < 1.29 is 4.74 Å². The van der Waals surface area contributed by atoms with Crippen LogP contribution < -0.4 is 10.6 Å². The smallest absolute Gasteiger partial charge is 0.191 e. The van der Waals surface area contributed by atoms with E-state index in [9.17, 15) is 0 Å². The van der Waals surface area contributed by atoms with Crippen LogP contribution in [-0.2, 0) is 17.8 Å². The first-order valence-corrected chi connectivity index (χ1v) is 12.0. The predicted octanol–water partition coefficient (Wildman–Crippen LogP) is 3.21. The predicted molar refractivity (Wildman–Crippen MR) is 138 cm³/mol. The number of guanidine groups is 1. The van der Waals surface area contributed by atoms with E-state index in [4.69, 9.17) is 9.73 Å². The lowest BCUT2D eigenvalue weighted by Gasteiger charge is -2.27. The van der Waals surface area contributed by atoms with Crippen LogP contribution >= 0.6 is 24.0 Å². The van der Waals surface area contributed by atoms with Crippen LogP contribution in [0.2, 0.25) is 0 Å². The second kappa shape index (κ2) is 13.0. The molecular weight excluding hydrogens is 501 g/mol. The third-order valence-electron chi connectivity index (χ3n) is 6.77. The molecule has 174 valence electrons. The lowest BCUT2D eigenvalue weighted by molar-refractivity contribution is 0.0341. The molecule has 0 aromatic heterocycles. The minimum atomic E-state index is 0. The SMILES string of the molecule is CCNC(=NCc1ccccc1CN1CCOCC1)NC1CCN(C2CCCC2)C1.I. The molecule has 0 bridgehead atoms. The molecule has 1 atom stereocenters. The first-order chi connectivity index (χ1) is 14.8. The highest BCUT2D eigenvalue weighted by Gasteiger charge is 2.30. The fourth-order valence-corrected chi connectivity index (χ4v) is 5.05. The molecule has 1 aliphatic carbocycles. The van der Waals surface area contributed by atoms with Crippen molar-refractivity contribution in [1.29, 1.82) is 0 Å². The van der Waals surface area contributed by atoms with E-state index in [0.717, 1.165) is 64.5 Å². The van der Waals surface area contributed by atoms with Gasteiger partial charge in [-0.05, 0) is 37.3 Å². The third-order valence-corrected chi connectivity index (χ3v) is 6.77. The van der Waals surface area contributed by atoms with Crippen molar-refractivity contribution >= 4 is 29.9 Å². The van der Waals surface area contributed by atoms with Crippen LogP contribution in [0.1, 0.15) is 50.2 Å². The van der Waals surface area contributed by atoms with Crippen molar-refractivity contribution in [3.8, 4) is 0 Å². The number of hydrogen-bond donors (Lipinski definition) is 2. The first kappa shape index (κ1) is 24.7. The molecule has 4 rings (SSSR count). The zero-order chi connectivity index (χ0) is 20.6. The normalized spacial score (nSPS) is 23.6. The summed E-state index contributed by atoms with van der Waals surface area (Å²) in [4.78, 5) is 10.1. The van der Waals surface area contributed by atoms with Gasteiger partial charge in [0.2, 0.25) is 0 Å². The van der Waals surface area contributed by atoms with Gasteiger partial charge in [-0.15, -0.1) is 24.0 Å². The topological polar surface area (TPSA) is 52.1 Å². The number of nitrogens with one attached hydrogen (secondary N) is 2. The molecule has 2 saturated heterocycles. The molecule has 2 heterocycles. The molecule has 1 saturated carbocycles. The molecule has 3 fully saturated rings. The number of benzene rings is 1. The van der Waals surface area contributed by atoms with E-state index in [2.05, 4.69) is 51.6 Å². The van der Waals surface area contributed by atoms with E-state index >= 15 is 0 Å². The second-order valence-electron chi connectivity index (χ2n) is 8.92. The zero-order valence-corrected chi connectivity index (χ0v) is 21.4.